The highest BCUT2D eigenvalue weighted by atomic mass is 16.5. The highest BCUT2D eigenvalue weighted by Gasteiger charge is 2.13. The van der Waals surface area contributed by atoms with Crippen molar-refractivity contribution in [1.82, 2.24) is 9.55 Å². The molecule has 0 aliphatic rings. The highest BCUT2D eigenvalue weighted by Crippen LogP contribution is 2.18. The van der Waals surface area contributed by atoms with Crippen molar-refractivity contribution in [2.75, 3.05) is 6.61 Å². The molecule has 0 saturated carbocycles. The van der Waals surface area contributed by atoms with E-state index < -0.39 is 6.10 Å². The zero-order valence-electron chi connectivity index (χ0n) is 14.3. The van der Waals surface area contributed by atoms with Crippen LogP contribution in [0.3, 0.4) is 0 Å². The fourth-order valence-electron chi connectivity index (χ4n) is 2.88. The predicted octanol–water partition coefficient (Wildman–Crippen LogP) is 3.60. The van der Waals surface area contributed by atoms with Crippen LogP contribution < -0.4 is 4.74 Å². The summed E-state index contributed by atoms with van der Waals surface area (Å²) in [6.45, 7) is 4.95. The first-order valence-corrected chi connectivity index (χ1v) is 8.55. The van der Waals surface area contributed by atoms with Gasteiger partial charge >= 0.3 is 0 Å². The smallest absolute Gasteiger partial charge is 0.119 e. The van der Waals surface area contributed by atoms with Gasteiger partial charge in [-0.25, -0.2) is 4.98 Å². The topological polar surface area (TPSA) is 47.3 Å². The Labute approximate surface area is 142 Å². The molecule has 0 spiro atoms. The van der Waals surface area contributed by atoms with Crippen LogP contribution in [-0.2, 0) is 19.4 Å². The minimum absolute atomic E-state index is 0.265. The van der Waals surface area contributed by atoms with Gasteiger partial charge in [0.2, 0.25) is 0 Å². The highest BCUT2D eigenvalue weighted by molar-refractivity contribution is 5.75. The Bertz CT molecular complexity index is 793. The minimum atomic E-state index is -0.584. The third-order valence-electron chi connectivity index (χ3n) is 4.22. The number of imidazole rings is 1. The second kappa shape index (κ2) is 7.49. The van der Waals surface area contributed by atoms with E-state index in [4.69, 9.17) is 4.74 Å². The maximum atomic E-state index is 10.4. The zero-order valence-corrected chi connectivity index (χ0v) is 14.3. The van der Waals surface area contributed by atoms with E-state index in [1.165, 1.54) is 5.56 Å². The van der Waals surface area contributed by atoms with Crippen LogP contribution in [0.15, 0.2) is 48.5 Å². The number of para-hydroxylation sites is 2. The van der Waals surface area contributed by atoms with Crippen molar-refractivity contribution in [3.8, 4) is 5.75 Å². The lowest BCUT2D eigenvalue weighted by atomic mass is 10.2. The van der Waals surface area contributed by atoms with E-state index in [0.29, 0.717) is 6.54 Å². The van der Waals surface area contributed by atoms with Crippen molar-refractivity contribution < 1.29 is 9.84 Å². The molecule has 1 atom stereocenters. The fourth-order valence-corrected chi connectivity index (χ4v) is 2.88. The molecular weight excluding hydrogens is 300 g/mol. The molecule has 24 heavy (non-hydrogen) atoms. The summed E-state index contributed by atoms with van der Waals surface area (Å²) in [6.07, 6.45) is 1.26. The van der Waals surface area contributed by atoms with Crippen LogP contribution in [0.2, 0.25) is 0 Å². The van der Waals surface area contributed by atoms with Crippen LogP contribution in [0, 0.1) is 0 Å². The van der Waals surface area contributed by atoms with Gasteiger partial charge in [-0.3, -0.25) is 0 Å². The number of benzene rings is 2. The minimum Gasteiger partial charge on any atom is -0.491 e. The van der Waals surface area contributed by atoms with Gasteiger partial charge in [-0.1, -0.05) is 38.1 Å². The van der Waals surface area contributed by atoms with E-state index in [1.807, 2.05) is 36.4 Å². The lowest BCUT2D eigenvalue weighted by molar-refractivity contribution is 0.0927. The van der Waals surface area contributed by atoms with Crippen molar-refractivity contribution in [1.29, 1.82) is 0 Å². The summed E-state index contributed by atoms with van der Waals surface area (Å²) in [7, 11) is 0. The number of aryl methyl sites for hydroxylation is 2. The number of ether oxygens (including phenoxy) is 1. The third-order valence-corrected chi connectivity index (χ3v) is 4.22. The van der Waals surface area contributed by atoms with E-state index in [2.05, 4.69) is 35.5 Å². The molecule has 0 radical (unpaired) electrons. The second-order valence-electron chi connectivity index (χ2n) is 5.94. The molecule has 4 nitrogen and oxygen atoms in total. The van der Waals surface area contributed by atoms with Gasteiger partial charge in [0.1, 0.15) is 24.3 Å². The normalized spacial score (nSPS) is 12.5. The molecule has 0 amide bonds. The fraction of sp³-hybridized carbons (Fsp3) is 0.350. The molecule has 1 unspecified atom stereocenters. The number of hydrogen-bond acceptors (Lipinski definition) is 3. The molecule has 1 heterocycles. The summed E-state index contributed by atoms with van der Waals surface area (Å²) in [5.74, 6) is 1.78. The van der Waals surface area contributed by atoms with Gasteiger partial charge in [0, 0.05) is 6.42 Å². The molecule has 0 aliphatic heterocycles. The first-order chi connectivity index (χ1) is 11.7. The molecule has 0 fully saturated rings. The number of rotatable bonds is 7. The van der Waals surface area contributed by atoms with Crippen molar-refractivity contribution in [3.05, 3.63) is 59.9 Å². The first-order valence-electron chi connectivity index (χ1n) is 8.55. The first kappa shape index (κ1) is 16.5. The number of hydrogen-bond donors (Lipinski definition) is 1. The molecule has 126 valence electrons. The van der Waals surface area contributed by atoms with Crippen molar-refractivity contribution in [2.45, 2.75) is 39.3 Å². The number of aromatic nitrogens is 2. The van der Waals surface area contributed by atoms with Gasteiger partial charge in [-0.05, 0) is 36.2 Å². The summed E-state index contributed by atoms with van der Waals surface area (Å²) in [5.41, 5.74) is 3.30. The maximum Gasteiger partial charge on any atom is 0.119 e. The van der Waals surface area contributed by atoms with E-state index in [1.54, 1.807) is 0 Å². The largest absolute Gasteiger partial charge is 0.491 e. The number of nitrogens with zero attached hydrogens (tertiary/aromatic N) is 2. The van der Waals surface area contributed by atoms with Gasteiger partial charge < -0.3 is 14.4 Å². The average Bonchev–Trinajstić information content (AvgIpc) is 2.98. The van der Waals surface area contributed by atoms with Crippen LogP contribution in [-0.4, -0.2) is 27.4 Å². The predicted molar refractivity (Wildman–Crippen MR) is 96.4 cm³/mol. The van der Waals surface area contributed by atoms with Crippen LogP contribution in [0.1, 0.15) is 25.2 Å². The molecular formula is C20H24N2O2. The number of aliphatic hydroxyl groups is 1. The van der Waals surface area contributed by atoms with Gasteiger partial charge in [0.25, 0.3) is 0 Å². The lowest BCUT2D eigenvalue weighted by Gasteiger charge is -2.15. The molecule has 2 aromatic carbocycles. The molecule has 0 saturated heterocycles. The Hall–Kier alpha value is -2.33. The second-order valence-corrected chi connectivity index (χ2v) is 5.94. The summed E-state index contributed by atoms with van der Waals surface area (Å²) >= 11 is 0. The molecule has 0 bridgehead atoms. The molecule has 3 rings (SSSR count). The number of fused-ring (bicyclic) bond motifs is 1. The Morgan fingerprint density at radius 2 is 1.79 bits per heavy atom. The molecule has 1 aromatic heterocycles. The van der Waals surface area contributed by atoms with Crippen molar-refractivity contribution in [2.24, 2.45) is 0 Å². The van der Waals surface area contributed by atoms with Crippen LogP contribution in [0.5, 0.6) is 5.75 Å². The molecule has 3 aromatic rings. The zero-order chi connectivity index (χ0) is 16.9. The maximum absolute atomic E-state index is 10.4. The monoisotopic (exact) mass is 324 g/mol. The summed E-state index contributed by atoms with van der Waals surface area (Å²) in [5, 5.41) is 10.4. The van der Waals surface area contributed by atoms with Gasteiger partial charge in [0.15, 0.2) is 0 Å². The summed E-state index contributed by atoms with van der Waals surface area (Å²) in [4.78, 5) is 4.63. The van der Waals surface area contributed by atoms with Crippen LogP contribution >= 0.6 is 0 Å². The average molecular weight is 324 g/mol. The summed E-state index contributed by atoms with van der Waals surface area (Å²) < 4.78 is 7.80. The van der Waals surface area contributed by atoms with E-state index in [-0.39, 0.29) is 6.61 Å². The van der Waals surface area contributed by atoms with Gasteiger partial charge in [-0.2, -0.15) is 0 Å². The third kappa shape index (κ3) is 3.60. The molecule has 1 N–H and O–H groups in total. The van der Waals surface area contributed by atoms with Crippen LogP contribution in [0.25, 0.3) is 11.0 Å². The van der Waals surface area contributed by atoms with Crippen LogP contribution in [0.4, 0.5) is 0 Å². The number of aliphatic hydroxyl groups excluding tert-OH is 1. The Kier molecular flexibility index (Phi) is 5.16. The van der Waals surface area contributed by atoms with Gasteiger partial charge in [0.05, 0.1) is 17.6 Å². The van der Waals surface area contributed by atoms with E-state index in [0.717, 1.165) is 35.4 Å². The molecule has 4 heteroatoms. The van der Waals surface area contributed by atoms with E-state index in [9.17, 15) is 5.11 Å². The molecule has 0 aliphatic carbocycles. The van der Waals surface area contributed by atoms with Gasteiger partial charge in [-0.15, -0.1) is 0 Å². The van der Waals surface area contributed by atoms with E-state index >= 15 is 0 Å². The quantitative estimate of drug-likeness (QED) is 0.722. The summed E-state index contributed by atoms with van der Waals surface area (Å²) in [6, 6.07) is 16.0. The SMILES string of the molecule is CCc1ccc(OCC(O)Cn2c(CC)nc3ccccc32)cc1. The van der Waals surface area contributed by atoms with Crippen molar-refractivity contribution >= 4 is 11.0 Å². The Morgan fingerprint density at radius 1 is 1.04 bits per heavy atom. The Morgan fingerprint density at radius 3 is 2.50 bits per heavy atom. The van der Waals surface area contributed by atoms with Crippen molar-refractivity contribution in [3.63, 3.8) is 0 Å². The Balaban J connectivity index is 1.67. The lowest BCUT2D eigenvalue weighted by Crippen LogP contribution is -2.24. The standard InChI is InChI=1S/C20H24N2O2/c1-3-15-9-11-17(12-10-15)24-14-16(23)13-22-19-8-6-5-7-18(19)21-20(22)4-2/h5-12,16,23H,3-4,13-14H2,1-2H3.